The van der Waals surface area contributed by atoms with E-state index in [1.54, 1.807) is 18.2 Å². The van der Waals surface area contributed by atoms with Gasteiger partial charge < -0.3 is 18.6 Å². The van der Waals surface area contributed by atoms with E-state index in [1.165, 1.54) is 7.11 Å². The van der Waals surface area contributed by atoms with Crippen LogP contribution in [0.3, 0.4) is 0 Å². The van der Waals surface area contributed by atoms with Crippen LogP contribution < -0.4 is 9.47 Å². The molecule has 2 aromatic rings. The van der Waals surface area contributed by atoms with Gasteiger partial charge in [0.25, 0.3) is 0 Å². The maximum absolute atomic E-state index is 12.1. The molecule has 2 aromatic carbocycles. The van der Waals surface area contributed by atoms with Crippen LogP contribution in [-0.4, -0.2) is 34.1 Å². The predicted molar refractivity (Wildman–Crippen MR) is 122 cm³/mol. The van der Waals surface area contributed by atoms with Crippen molar-refractivity contribution < 1.29 is 23.4 Å². The molecular formula is C24H34O5Si. The average Bonchev–Trinajstić information content (AvgIpc) is 2.70. The zero-order valence-corrected chi connectivity index (χ0v) is 20.2. The molecule has 0 heterocycles. The number of esters is 1. The first kappa shape index (κ1) is 24.0. The van der Waals surface area contributed by atoms with Crippen LogP contribution in [0, 0.1) is 0 Å². The second kappa shape index (κ2) is 10.1. The fourth-order valence-corrected chi connectivity index (χ4v) is 3.59. The Hall–Kier alpha value is -2.31. The fraction of sp³-hybridized carbons (Fsp3) is 0.458. The van der Waals surface area contributed by atoms with Gasteiger partial charge in [0.05, 0.1) is 19.3 Å². The summed E-state index contributed by atoms with van der Waals surface area (Å²) in [5.74, 6) is 0.664. The first-order valence-corrected chi connectivity index (χ1v) is 13.1. The van der Waals surface area contributed by atoms with Crippen molar-refractivity contribution in [2.75, 3.05) is 13.7 Å². The molecule has 0 aliphatic carbocycles. The molecule has 0 aliphatic rings. The van der Waals surface area contributed by atoms with E-state index in [0.29, 0.717) is 30.3 Å². The quantitative estimate of drug-likeness (QED) is 0.369. The molecule has 1 atom stereocenters. The molecule has 30 heavy (non-hydrogen) atoms. The summed E-state index contributed by atoms with van der Waals surface area (Å²) in [5.41, 5.74) is 1.43. The van der Waals surface area contributed by atoms with Crippen molar-refractivity contribution in [3.05, 3.63) is 59.7 Å². The Morgan fingerprint density at radius 3 is 2.27 bits per heavy atom. The minimum absolute atomic E-state index is 0.135. The van der Waals surface area contributed by atoms with Crippen molar-refractivity contribution in [3.63, 3.8) is 0 Å². The van der Waals surface area contributed by atoms with Crippen LogP contribution in [0.5, 0.6) is 11.5 Å². The molecule has 0 spiro atoms. The Labute approximate surface area is 181 Å². The second-order valence-electron chi connectivity index (χ2n) is 8.96. The van der Waals surface area contributed by atoms with Crippen molar-refractivity contribution in [3.8, 4) is 11.5 Å². The number of benzene rings is 2. The lowest BCUT2D eigenvalue weighted by molar-refractivity contribution is 0.0599. The van der Waals surface area contributed by atoms with Crippen molar-refractivity contribution >= 4 is 14.3 Å². The van der Waals surface area contributed by atoms with Gasteiger partial charge in [-0.25, -0.2) is 4.79 Å². The summed E-state index contributed by atoms with van der Waals surface area (Å²) < 4.78 is 23.1. The molecule has 0 saturated heterocycles. The lowest BCUT2D eigenvalue weighted by atomic mass is 10.2. The summed E-state index contributed by atoms with van der Waals surface area (Å²) in [6.45, 7) is 13.9. The molecule has 0 radical (unpaired) electrons. The Morgan fingerprint density at radius 1 is 1.03 bits per heavy atom. The summed E-state index contributed by atoms with van der Waals surface area (Å²) in [7, 11) is -0.502. The Morgan fingerprint density at radius 2 is 1.67 bits per heavy atom. The second-order valence-corrected chi connectivity index (χ2v) is 13.8. The van der Waals surface area contributed by atoms with Crippen molar-refractivity contribution in [2.24, 2.45) is 0 Å². The van der Waals surface area contributed by atoms with Gasteiger partial charge in [0.15, 0.2) is 8.32 Å². The van der Waals surface area contributed by atoms with Gasteiger partial charge in [-0.1, -0.05) is 51.1 Å². The van der Waals surface area contributed by atoms with E-state index in [4.69, 9.17) is 18.6 Å². The summed E-state index contributed by atoms with van der Waals surface area (Å²) in [6, 6.07) is 15.0. The molecule has 0 saturated carbocycles. The van der Waals surface area contributed by atoms with E-state index in [1.807, 2.05) is 37.3 Å². The first-order chi connectivity index (χ1) is 14.0. The van der Waals surface area contributed by atoms with Gasteiger partial charge in [-0.3, -0.25) is 0 Å². The molecule has 5 nitrogen and oxygen atoms in total. The van der Waals surface area contributed by atoms with Gasteiger partial charge in [0.2, 0.25) is 0 Å². The lowest BCUT2D eigenvalue weighted by Gasteiger charge is -2.36. The molecule has 0 unspecified atom stereocenters. The number of hydrogen-bond acceptors (Lipinski definition) is 5. The van der Waals surface area contributed by atoms with E-state index in [-0.39, 0.29) is 11.1 Å². The minimum Gasteiger partial charge on any atom is -0.489 e. The van der Waals surface area contributed by atoms with Crippen LogP contribution in [0.15, 0.2) is 48.5 Å². The molecule has 0 aromatic heterocycles. The van der Waals surface area contributed by atoms with Crippen LogP contribution in [-0.2, 0) is 15.8 Å². The predicted octanol–water partition coefficient (Wildman–Crippen LogP) is 5.84. The Balaban J connectivity index is 2.10. The van der Waals surface area contributed by atoms with Crippen molar-refractivity contribution in [1.82, 2.24) is 0 Å². The van der Waals surface area contributed by atoms with Crippen LogP contribution in [0.2, 0.25) is 18.1 Å². The van der Waals surface area contributed by atoms with Crippen molar-refractivity contribution in [1.29, 1.82) is 0 Å². The van der Waals surface area contributed by atoms with Gasteiger partial charge in [0.1, 0.15) is 24.2 Å². The highest BCUT2D eigenvalue weighted by molar-refractivity contribution is 6.74. The number of carbonyl (C=O) groups is 1. The third-order valence-electron chi connectivity index (χ3n) is 5.37. The minimum atomic E-state index is -1.86. The van der Waals surface area contributed by atoms with Gasteiger partial charge in [-0.15, -0.1) is 0 Å². The molecule has 0 aliphatic heterocycles. The molecule has 6 heteroatoms. The fourth-order valence-electron chi connectivity index (χ4n) is 2.51. The number of rotatable bonds is 9. The summed E-state index contributed by atoms with van der Waals surface area (Å²) in [6.07, 6.45) is -0.172. The summed E-state index contributed by atoms with van der Waals surface area (Å²) >= 11 is 0. The zero-order valence-electron chi connectivity index (χ0n) is 19.2. The number of ether oxygens (including phenoxy) is 3. The maximum Gasteiger partial charge on any atom is 0.338 e. The third kappa shape index (κ3) is 6.88. The van der Waals surface area contributed by atoms with Crippen LogP contribution >= 0.6 is 0 Å². The molecular weight excluding hydrogens is 396 g/mol. The Kier molecular flexibility index (Phi) is 8.09. The molecule has 0 amide bonds. The smallest absolute Gasteiger partial charge is 0.338 e. The van der Waals surface area contributed by atoms with Gasteiger partial charge in [-0.2, -0.15) is 0 Å². The average molecular weight is 431 g/mol. The molecule has 164 valence electrons. The lowest BCUT2D eigenvalue weighted by Crippen LogP contribution is -2.43. The molecule has 2 rings (SSSR count). The summed E-state index contributed by atoms with van der Waals surface area (Å²) in [4.78, 5) is 12.1. The monoisotopic (exact) mass is 430 g/mol. The van der Waals surface area contributed by atoms with E-state index < -0.39 is 14.3 Å². The largest absolute Gasteiger partial charge is 0.489 e. The van der Waals surface area contributed by atoms with Crippen LogP contribution in [0.1, 0.15) is 43.6 Å². The van der Waals surface area contributed by atoms with E-state index >= 15 is 0 Å². The van der Waals surface area contributed by atoms with E-state index in [2.05, 4.69) is 33.9 Å². The highest BCUT2D eigenvalue weighted by Gasteiger charge is 2.37. The molecule has 0 N–H and O–H groups in total. The topological polar surface area (TPSA) is 54.0 Å². The van der Waals surface area contributed by atoms with E-state index in [0.717, 1.165) is 5.56 Å². The molecule has 0 fully saturated rings. The van der Waals surface area contributed by atoms with Gasteiger partial charge in [-0.05, 0) is 42.8 Å². The highest BCUT2D eigenvalue weighted by atomic mass is 28.4. The zero-order chi connectivity index (χ0) is 22.4. The van der Waals surface area contributed by atoms with Crippen molar-refractivity contribution in [2.45, 2.75) is 58.5 Å². The van der Waals surface area contributed by atoms with Crippen LogP contribution in [0.25, 0.3) is 0 Å². The number of hydrogen-bond donors (Lipinski definition) is 0. The van der Waals surface area contributed by atoms with Gasteiger partial charge >= 0.3 is 5.97 Å². The van der Waals surface area contributed by atoms with E-state index in [9.17, 15) is 4.79 Å². The normalized spacial score (nSPS) is 12.9. The SMILES string of the molecule is COC(=O)c1cc(OCc2ccccc2)cc(O[C@@H](C)CO[Si](C)(C)C(C)(C)C)c1. The number of methoxy groups -OCH3 is 1. The molecule has 0 bridgehead atoms. The Bertz CT molecular complexity index is 827. The van der Waals surface area contributed by atoms with Gasteiger partial charge in [0, 0.05) is 6.07 Å². The summed E-state index contributed by atoms with van der Waals surface area (Å²) in [5, 5.41) is 0.135. The highest BCUT2D eigenvalue weighted by Crippen LogP contribution is 2.36. The number of carbonyl (C=O) groups excluding carboxylic acids is 1. The van der Waals surface area contributed by atoms with Crippen LogP contribution in [0.4, 0.5) is 0 Å². The third-order valence-corrected chi connectivity index (χ3v) is 9.87. The first-order valence-electron chi connectivity index (χ1n) is 10.2. The standard InChI is InChI=1S/C24H34O5Si/c1-18(16-28-30(6,7)24(2,3)4)29-22-14-20(23(25)26-5)13-21(15-22)27-17-19-11-9-8-10-12-19/h8-15,18H,16-17H2,1-7H3/t18-/m0/s1. The maximum atomic E-state index is 12.1.